The lowest BCUT2D eigenvalue weighted by Gasteiger charge is -2.38. The van der Waals surface area contributed by atoms with Crippen molar-refractivity contribution < 1.29 is 18.8 Å². The van der Waals surface area contributed by atoms with E-state index in [1.165, 1.54) is 12.1 Å². The van der Waals surface area contributed by atoms with Crippen molar-refractivity contribution in [3.8, 4) is 0 Å². The number of carbonyl (C=O) groups is 3. The fourth-order valence-electron chi connectivity index (χ4n) is 4.65. The van der Waals surface area contributed by atoms with Crippen molar-refractivity contribution in [3.63, 3.8) is 0 Å². The highest BCUT2D eigenvalue weighted by Crippen LogP contribution is 2.23. The summed E-state index contributed by atoms with van der Waals surface area (Å²) >= 11 is 6.03. The Balaban J connectivity index is 1.22. The number of likely N-dealkylation sites (tertiary alicyclic amines) is 1. The second kappa shape index (κ2) is 11.0. The first-order valence-electron chi connectivity index (χ1n) is 11.8. The number of benzene rings is 2. The molecule has 2 heterocycles. The van der Waals surface area contributed by atoms with Gasteiger partial charge in [-0.3, -0.25) is 14.4 Å². The Labute approximate surface area is 204 Å². The number of piperazine rings is 1. The summed E-state index contributed by atoms with van der Waals surface area (Å²) in [5.74, 6) is -0.586. The number of carbonyl (C=O) groups excluding carboxylic acids is 3. The first kappa shape index (κ1) is 24.2. The van der Waals surface area contributed by atoms with Crippen molar-refractivity contribution in [2.75, 3.05) is 39.3 Å². The van der Waals surface area contributed by atoms with Gasteiger partial charge in [0.15, 0.2) is 0 Å². The Morgan fingerprint density at radius 2 is 1.50 bits per heavy atom. The molecule has 2 fully saturated rings. The second-order valence-electron chi connectivity index (χ2n) is 8.88. The van der Waals surface area contributed by atoms with Gasteiger partial charge in [0.25, 0.3) is 5.91 Å². The summed E-state index contributed by atoms with van der Waals surface area (Å²) in [6, 6.07) is 13.7. The standard InChI is InChI=1S/C26H29ClFN3O3/c27-23-18-21(28)7-8-22(23)26(34)31-16-14-30(15-17-31)25(33)20-10-12-29(13-11-20)24(32)9-6-19-4-2-1-3-5-19/h1-5,7-8,18,20H,6,9-17H2. The van der Waals surface area contributed by atoms with Crippen LogP contribution in [0.4, 0.5) is 4.39 Å². The maximum absolute atomic E-state index is 13.3. The normalized spacial score (nSPS) is 17.1. The molecule has 0 saturated carbocycles. The fourth-order valence-corrected chi connectivity index (χ4v) is 4.90. The second-order valence-corrected chi connectivity index (χ2v) is 9.29. The molecule has 34 heavy (non-hydrogen) atoms. The molecule has 2 saturated heterocycles. The summed E-state index contributed by atoms with van der Waals surface area (Å²) in [5, 5.41) is 0.0913. The molecule has 0 unspecified atom stereocenters. The molecule has 0 aromatic heterocycles. The van der Waals surface area contributed by atoms with E-state index in [9.17, 15) is 18.8 Å². The van der Waals surface area contributed by atoms with Gasteiger partial charge in [0.1, 0.15) is 5.82 Å². The van der Waals surface area contributed by atoms with Crippen LogP contribution in [0.15, 0.2) is 48.5 Å². The number of piperidine rings is 1. The van der Waals surface area contributed by atoms with Gasteiger partial charge < -0.3 is 14.7 Å². The van der Waals surface area contributed by atoms with Crippen LogP contribution in [0, 0.1) is 11.7 Å². The number of rotatable bonds is 5. The highest BCUT2D eigenvalue weighted by molar-refractivity contribution is 6.33. The molecule has 2 aliphatic rings. The van der Waals surface area contributed by atoms with Crippen molar-refractivity contribution in [1.29, 1.82) is 0 Å². The molecule has 0 aliphatic carbocycles. The fraction of sp³-hybridized carbons (Fsp3) is 0.423. The summed E-state index contributed by atoms with van der Waals surface area (Å²) in [5.41, 5.74) is 1.42. The van der Waals surface area contributed by atoms with Gasteiger partial charge in [-0.05, 0) is 43.0 Å². The number of hydrogen-bond acceptors (Lipinski definition) is 3. The number of amides is 3. The summed E-state index contributed by atoms with van der Waals surface area (Å²) in [6.07, 6.45) is 2.54. The van der Waals surface area contributed by atoms with E-state index in [1.807, 2.05) is 40.1 Å². The third-order valence-electron chi connectivity index (χ3n) is 6.71. The number of halogens is 2. The molecule has 0 spiro atoms. The van der Waals surface area contributed by atoms with Crippen molar-refractivity contribution in [1.82, 2.24) is 14.7 Å². The van der Waals surface area contributed by atoms with E-state index < -0.39 is 5.82 Å². The van der Waals surface area contributed by atoms with E-state index in [0.717, 1.165) is 18.1 Å². The highest BCUT2D eigenvalue weighted by atomic mass is 35.5. The van der Waals surface area contributed by atoms with E-state index in [1.54, 1.807) is 4.90 Å². The first-order valence-corrected chi connectivity index (χ1v) is 12.1. The van der Waals surface area contributed by atoms with Gasteiger partial charge >= 0.3 is 0 Å². The summed E-state index contributed by atoms with van der Waals surface area (Å²) in [4.78, 5) is 43.7. The van der Waals surface area contributed by atoms with Gasteiger partial charge in [0.05, 0.1) is 10.6 Å². The molecule has 180 valence electrons. The highest BCUT2D eigenvalue weighted by Gasteiger charge is 2.32. The van der Waals surface area contributed by atoms with Crippen molar-refractivity contribution >= 4 is 29.3 Å². The van der Waals surface area contributed by atoms with Crippen molar-refractivity contribution in [3.05, 3.63) is 70.5 Å². The Morgan fingerprint density at radius 1 is 0.853 bits per heavy atom. The largest absolute Gasteiger partial charge is 0.343 e. The topological polar surface area (TPSA) is 60.9 Å². The molecule has 4 rings (SSSR count). The molecular weight excluding hydrogens is 457 g/mol. The summed E-state index contributed by atoms with van der Waals surface area (Å²) in [6.45, 7) is 2.94. The minimum absolute atomic E-state index is 0.0908. The van der Waals surface area contributed by atoms with E-state index in [-0.39, 0.29) is 34.2 Å². The average molecular weight is 486 g/mol. The van der Waals surface area contributed by atoms with Gasteiger partial charge in [-0.2, -0.15) is 0 Å². The maximum atomic E-state index is 13.3. The van der Waals surface area contributed by atoms with Gasteiger partial charge in [-0.25, -0.2) is 4.39 Å². The van der Waals surface area contributed by atoms with Crippen molar-refractivity contribution in [2.24, 2.45) is 5.92 Å². The maximum Gasteiger partial charge on any atom is 0.255 e. The summed E-state index contributed by atoms with van der Waals surface area (Å²) in [7, 11) is 0. The van der Waals surface area contributed by atoms with E-state index in [4.69, 9.17) is 11.6 Å². The molecule has 2 aliphatic heterocycles. The smallest absolute Gasteiger partial charge is 0.255 e. The molecule has 2 aromatic rings. The zero-order valence-electron chi connectivity index (χ0n) is 19.1. The third kappa shape index (κ3) is 5.76. The van der Waals surface area contributed by atoms with E-state index in [2.05, 4.69) is 0 Å². The van der Waals surface area contributed by atoms with Crippen LogP contribution in [0.5, 0.6) is 0 Å². The first-order chi connectivity index (χ1) is 16.4. The number of nitrogens with zero attached hydrogens (tertiary/aromatic N) is 3. The predicted octanol–water partition coefficient (Wildman–Crippen LogP) is 3.63. The minimum atomic E-state index is -0.485. The van der Waals surface area contributed by atoms with Crippen LogP contribution < -0.4 is 0 Å². The molecule has 0 bridgehead atoms. The molecular formula is C26H29ClFN3O3. The van der Waals surface area contributed by atoms with Crippen LogP contribution in [-0.4, -0.2) is 71.7 Å². The Kier molecular flexibility index (Phi) is 7.83. The van der Waals surface area contributed by atoms with E-state index >= 15 is 0 Å². The zero-order chi connectivity index (χ0) is 24.1. The van der Waals surface area contributed by atoms with Crippen LogP contribution >= 0.6 is 11.6 Å². The molecule has 2 aromatic carbocycles. The van der Waals surface area contributed by atoms with Crippen LogP contribution in [0.2, 0.25) is 5.02 Å². The van der Waals surface area contributed by atoms with Crippen LogP contribution in [0.1, 0.15) is 35.2 Å². The van der Waals surface area contributed by atoms with Gasteiger partial charge in [-0.15, -0.1) is 0 Å². The van der Waals surface area contributed by atoms with Crippen molar-refractivity contribution in [2.45, 2.75) is 25.7 Å². The lowest BCUT2D eigenvalue weighted by atomic mass is 9.94. The zero-order valence-corrected chi connectivity index (χ0v) is 19.8. The monoisotopic (exact) mass is 485 g/mol. The molecule has 6 nitrogen and oxygen atoms in total. The molecule has 0 atom stereocenters. The third-order valence-corrected chi connectivity index (χ3v) is 7.02. The van der Waals surface area contributed by atoms with E-state index in [0.29, 0.717) is 58.5 Å². The molecule has 3 amide bonds. The molecule has 8 heteroatoms. The SMILES string of the molecule is O=C(CCc1ccccc1)N1CCC(C(=O)N2CCN(C(=O)c3ccc(F)cc3Cl)CC2)CC1. The number of hydrogen-bond donors (Lipinski definition) is 0. The Morgan fingerprint density at radius 3 is 2.15 bits per heavy atom. The predicted molar refractivity (Wildman–Crippen MR) is 128 cm³/mol. The lowest BCUT2D eigenvalue weighted by Crippen LogP contribution is -2.53. The molecule has 0 N–H and O–H groups in total. The van der Waals surface area contributed by atoms with Gasteiger partial charge in [-0.1, -0.05) is 41.9 Å². The average Bonchev–Trinajstić information content (AvgIpc) is 2.87. The summed E-state index contributed by atoms with van der Waals surface area (Å²) < 4.78 is 13.3. The lowest BCUT2D eigenvalue weighted by molar-refractivity contribution is -0.141. The quantitative estimate of drug-likeness (QED) is 0.649. The number of aryl methyl sites for hydroxylation is 1. The Bertz CT molecular complexity index is 1030. The van der Waals surface area contributed by atoms with Crippen LogP contribution in [-0.2, 0) is 16.0 Å². The minimum Gasteiger partial charge on any atom is -0.343 e. The molecule has 0 radical (unpaired) electrons. The van der Waals surface area contributed by atoms with Gasteiger partial charge in [0, 0.05) is 51.6 Å². The van der Waals surface area contributed by atoms with Gasteiger partial charge in [0.2, 0.25) is 11.8 Å². The van der Waals surface area contributed by atoms with Crippen LogP contribution in [0.25, 0.3) is 0 Å². The Hall–Kier alpha value is -2.93. The van der Waals surface area contributed by atoms with Crippen LogP contribution in [0.3, 0.4) is 0 Å².